The molecular formula is C19H20Cl2N2O4S. The minimum Gasteiger partial charge on any atom is -0.490 e. The van der Waals surface area contributed by atoms with Crippen LogP contribution in [0, 0.1) is 0 Å². The zero-order chi connectivity index (χ0) is 20.9. The number of nitrogens with one attached hydrogen (secondary N) is 1. The first-order chi connectivity index (χ1) is 13.1. The molecule has 6 nitrogen and oxygen atoms in total. The minimum atomic E-state index is -3.78. The molecule has 0 radical (unpaired) electrons. The zero-order valence-electron chi connectivity index (χ0n) is 15.4. The van der Waals surface area contributed by atoms with Gasteiger partial charge in [0, 0.05) is 15.7 Å². The molecule has 0 saturated heterocycles. The van der Waals surface area contributed by atoms with E-state index in [2.05, 4.69) is 11.9 Å². The van der Waals surface area contributed by atoms with Crippen LogP contribution >= 0.6 is 23.2 Å². The Labute approximate surface area is 174 Å². The third-order valence-corrected chi connectivity index (χ3v) is 5.36. The van der Waals surface area contributed by atoms with Crippen LogP contribution in [-0.4, -0.2) is 33.2 Å². The zero-order valence-corrected chi connectivity index (χ0v) is 17.7. The summed E-state index contributed by atoms with van der Waals surface area (Å²) >= 11 is 12.0. The van der Waals surface area contributed by atoms with Crippen molar-refractivity contribution in [2.75, 3.05) is 22.5 Å². The highest BCUT2D eigenvalue weighted by Crippen LogP contribution is 2.29. The van der Waals surface area contributed by atoms with Gasteiger partial charge < -0.3 is 10.1 Å². The molecule has 2 rings (SSSR count). The first-order valence-electron chi connectivity index (χ1n) is 8.22. The van der Waals surface area contributed by atoms with Gasteiger partial charge in [0.05, 0.1) is 11.9 Å². The summed E-state index contributed by atoms with van der Waals surface area (Å²) in [5.41, 5.74) is 0.705. The van der Waals surface area contributed by atoms with Crippen LogP contribution < -0.4 is 14.4 Å². The topological polar surface area (TPSA) is 75.7 Å². The highest BCUT2D eigenvalue weighted by Gasteiger charge is 2.29. The van der Waals surface area contributed by atoms with Gasteiger partial charge in [-0.3, -0.25) is 9.10 Å². The van der Waals surface area contributed by atoms with Crippen LogP contribution in [0.4, 0.5) is 11.4 Å². The largest absolute Gasteiger partial charge is 0.490 e. The van der Waals surface area contributed by atoms with Gasteiger partial charge in [-0.2, -0.15) is 0 Å². The SMILES string of the molecule is C=CCOc1ccc(NC(=O)[C@H](C)N(c2cc(Cl)cc(Cl)c2)S(C)(=O)=O)cc1. The van der Waals surface area contributed by atoms with Gasteiger partial charge >= 0.3 is 0 Å². The molecule has 0 unspecified atom stereocenters. The van der Waals surface area contributed by atoms with Crippen LogP contribution in [0.25, 0.3) is 0 Å². The Kier molecular flexibility index (Phi) is 7.35. The van der Waals surface area contributed by atoms with Crippen molar-refractivity contribution in [1.29, 1.82) is 0 Å². The van der Waals surface area contributed by atoms with Crippen molar-refractivity contribution >= 4 is 50.5 Å². The van der Waals surface area contributed by atoms with Crippen molar-refractivity contribution in [3.63, 3.8) is 0 Å². The summed E-state index contributed by atoms with van der Waals surface area (Å²) in [6.45, 7) is 5.42. The molecule has 0 aliphatic carbocycles. The van der Waals surface area contributed by atoms with Gasteiger partial charge in [-0.25, -0.2) is 8.42 Å². The number of hydrogen-bond acceptors (Lipinski definition) is 4. The molecule has 0 aliphatic rings. The smallest absolute Gasteiger partial charge is 0.247 e. The Balaban J connectivity index is 2.23. The van der Waals surface area contributed by atoms with E-state index in [4.69, 9.17) is 27.9 Å². The van der Waals surface area contributed by atoms with Gasteiger partial charge in [-0.1, -0.05) is 35.9 Å². The predicted molar refractivity (Wildman–Crippen MR) is 114 cm³/mol. The Morgan fingerprint density at radius 1 is 1.21 bits per heavy atom. The molecule has 28 heavy (non-hydrogen) atoms. The normalized spacial score (nSPS) is 12.1. The van der Waals surface area contributed by atoms with Crippen LogP contribution in [0.1, 0.15) is 6.92 Å². The number of rotatable bonds is 8. The lowest BCUT2D eigenvalue weighted by atomic mass is 10.2. The molecule has 2 aromatic rings. The number of amides is 1. The lowest BCUT2D eigenvalue weighted by Crippen LogP contribution is -2.45. The van der Waals surface area contributed by atoms with Gasteiger partial charge in [0.1, 0.15) is 18.4 Å². The van der Waals surface area contributed by atoms with Crippen molar-refractivity contribution in [1.82, 2.24) is 0 Å². The van der Waals surface area contributed by atoms with Crippen LogP contribution in [0.5, 0.6) is 5.75 Å². The first kappa shape index (κ1) is 22.1. The van der Waals surface area contributed by atoms with Crippen molar-refractivity contribution in [3.05, 3.63) is 65.2 Å². The van der Waals surface area contributed by atoms with Crippen molar-refractivity contribution < 1.29 is 17.9 Å². The molecule has 2 aromatic carbocycles. The van der Waals surface area contributed by atoms with E-state index in [0.717, 1.165) is 10.6 Å². The molecule has 9 heteroatoms. The van der Waals surface area contributed by atoms with Gasteiger partial charge in [0.25, 0.3) is 0 Å². The fourth-order valence-electron chi connectivity index (χ4n) is 2.51. The van der Waals surface area contributed by atoms with E-state index in [-0.39, 0.29) is 15.7 Å². The third-order valence-electron chi connectivity index (χ3n) is 3.68. The number of halogens is 2. The second kappa shape index (κ2) is 9.32. The Hall–Kier alpha value is -2.22. The lowest BCUT2D eigenvalue weighted by molar-refractivity contribution is -0.116. The molecule has 0 spiro atoms. The summed E-state index contributed by atoms with van der Waals surface area (Å²) in [7, 11) is -3.78. The average molecular weight is 443 g/mol. The Morgan fingerprint density at radius 2 is 1.79 bits per heavy atom. The Morgan fingerprint density at radius 3 is 2.29 bits per heavy atom. The maximum absolute atomic E-state index is 12.7. The predicted octanol–water partition coefficient (Wildman–Crippen LogP) is 4.35. The third kappa shape index (κ3) is 5.89. The molecule has 0 fully saturated rings. The summed E-state index contributed by atoms with van der Waals surface area (Å²) in [5.74, 6) is 0.110. The van der Waals surface area contributed by atoms with E-state index in [1.54, 1.807) is 30.3 Å². The fourth-order valence-corrected chi connectivity index (χ4v) is 4.18. The van der Waals surface area contributed by atoms with Gasteiger partial charge in [0.15, 0.2) is 0 Å². The number of hydrogen-bond donors (Lipinski definition) is 1. The summed E-state index contributed by atoms with van der Waals surface area (Å²) in [6, 6.07) is 10.0. The maximum atomic E-state index is 12.7. The second-order valence-electron chi connectivity index (χ2n) is 5.98. The van der Waals surface area contributed by atoms with Crippen molar-refractivity contribution in [2.45, 2.75) is 13.0 Å². The van der Waals surface area contributed by atoms with Crippen molar-refractivity contribution in [2.24, 2.45) is 0 Å². The number of carbonyl (C=O) groups is 1. The fraction of sp³-hybridized carbons (Fsp3) is 0.211. The number of ether oxygens (including phenoxy) is 1. The highest BCUT2D eigenvalue weighted by molar-refractivity contribution is 7.92. The van der Waals surface area contributed by atoms with Crippen molar-refractivity contribution in [3.8, 4) is 5.75 Å². The quantitative estimate of drug-likeness (QED) is 0.616. The molecule has 150 valence electrons. The van der Waals surface area contributed by atoms with E-state index in [1.807, 2.05) is 0 Å². The van der Waals surface area contributed by atoms with E-state index in [9.17, 15) is 13.2 Å². The standard InChI is InChI=1S/C19H20Cl2N2O4S/c1-4-9-27-18-7-5-16(6-8-18)22-19(24)13(2)23(28(3,25)26)17-11-14(20)10-15(21)12-17/h4-8,10-13H,1,9H2,2-3H3,(H,22,24)/t13-/m0/s1. The first-order valence-corrected chi connectivity index (χ1v) is 10.8. The Bertz CT molecular complexity index is 942. The van der Waals surface area contributed by atoms with E-state index >= 15 is 0 Å². The maximum Gasteiger partial charge on any atom is 0.247 e. The molecule has 0 saturated carbocycles. The minimum absolute atomic E-state index is 0.204. The molecule has 1 atom stereocenters. The molecule has 0 bridgehead atoms. The number of benzene rings is 2. The van der Waals surface area contributed by atoms with Crippen LogP contribution in [0.2, 0.25) is 10.0 Å². The van der Waals surface area contributed by atoms with Crippen LogP contribution in [0.3, 0.4) is 0 Å². The highest BCUT2D eigenvalue weighted by atomic mass is 35.5. The van der Waals surface area contributed by atoms with Crippen LogP contribution in [-0.2, 0) is 14.8 Å². The molecule has 1 amide bonds. The monoisotopic (exact) mass is 442 g/mol. The number of anilines is 2. The van der Waals surface area contributed by atoms with Gasteiger partial charge in [0.2, 0.25) is 15.9 Å². The summed E-state index contributed by atoms with van der Waals surface area (Å²) in [5, 5.41) is 3.22. The number of nitrogens with zero attached hydrogens (tertiary/aromatic N) is 1. The van der Waals surface area contributed by atoms with E-state index in [1.165, 1.54) is 25.1 Å². The second-order valence-corrected chi connectivity index (χ2v) is 8.71. The summed E-state index contributed by atoms with van der Waals surface area (Å²) in [4.78, 5) is 12.7. The summed E-state index contributed by atoms with van der Waals surface area (Å²) < 4.78 is 31.0. The van der Waals surface area contributed by atoms with Gasteiger partial charge in [-0.05, 0) is 49.4 Å². The van der Waals surface area contributed by atoms with Gasteiger partial charge in [-0.15, -0.1) is 0 Å². The molecule has 0 heterocycles. The van der Waals surface area contributed by atoms with Crippen LogP contribution in [0.15, 0.2) is 55.1 Å². The summed E-state index contributed by atoms with van der Waals surface area (Å²) in [6.07, 6.45) is 2.64. The molecule has 0 aromatic heterocycles. The number of sulfonamides is 1. The molecule has 0 aliphatic heterocycles. The molecular weight excluding hydrogens is 423 g/mol. The number of carbonyl (C=O) groups excluding carboxylic acids is 1. The lowest BCUT2D eigenvalue weighted by Gasteiger charge is -2.28. The molecule has 1 N–H and O–H groups in total. The average Bonchev–Trinajstić information content (AvgIpc) is 2.59. The van der Waals surface area contributed by atoms with E-state index in [0.29, 0.717) is 18.0 Å². The van der Waals surface area contributed by atoms with E-state index < -0.39 is 22.0 Å².